The molecule has 5 heteroatoms. The van der Waals surface area contributed by atoms with Crippen LogP contribution in [0.2, 0.25) is 0 Å². The van der Waals surface area contributed by atoms with E-state index in [1.807, 2.05) is 30.3 Å². The fourth-order valence-corrected chi connectivity index (χ4v) is 2.51. The predicted octanol–water partition coefficient (Wildman–Crippen LogP) is 2.99. The minimum absolute atomic E-state index is 0.564. The van der Waals surface area contributed by atoms with E-state index in [1.54, 1.807) is 18.6 Å². The zero-order valence-corrected chi connectivity index (χ0v) is 10.7. The number of pyridine rings is 1. The molecular weight excluding hydrogens is 258 g/mol. The zero-order chi connectivity index (χ0) is 13.1. The molecule has 0 unspecified atom stereocenters. The van der Waals surface area contributed by atoms with E-state index in [1.165, 1.54) is 11.8 Å². The zero-order valence-electron chi connectivity index (χ0n) is 9.85. The SMILES string of the molecule is O=Cc1cc2ccccc2nc1Sc1cnccn1. The monoisotopic (exact) mass is 267 g/mol. The highest BCUT2D eigenvalue weighted by atomic mass is 32.2. The van der Waals surface area contributed by atoms with Crippen LogP contribution in [0.3, 0.4) is 0 Å². The van der Waals surface area contributed by atoms with Gasteiger partial charge in [0, 0.05) is 23.3 Å². The van der Waals surface area contributed by atoms with E-state index < -0.39 is 0 Å². The molecule has 2 aromatic heterocycles. The number of hydrogen-bond acceptors (Lipinski definition) is 5. The number of aromatic nitrogens is 3. The van der Waals surface area contributed by atoms with Crippen molar-refractivity contribution >= 4 is 29.0 Å². The van der Waals surface area contributed by atoms with Crippen LogP contribution >= 0.6 is 11.8 Å². The second-order valence-electron chi connectivity index (χ2n) is 3.84. The van der Waals surface area contributed by atoms with Gasteiger partial charge in [0.2, 0.25) is 0 Å². The standard InChI is InChI=1S/C14H9N3OS/c18-9-11-7-10-3-1-2-4-12(10)17-14(11)19-13-8-15-5-6-16-13/h1-9H. The third-order valence-corrected chi connectivity index (χ3v) is 3.52. The van der Waals surface area contributed by atoms with Crippen LogP contribution in [0.4, 0.5) is 0 Å². The molecule has 0 aliphatic carbocycles. The highest BCUT2D eigenvalue weighted by molar-refractivity contribution is 7.99. The largest absolute Gasteiger partial charge is 0.298 e. The van der Waals surface area contributed by atoms with E-state index in [9.17, 15) is 4.79 Å². The lowest BCUT2D eigenvalue weighted by Crippen LogP contribution is -1.92. The Kier molecular flexibility index (Phi) is 3.20. The molecule has 1 aromatic carbocycles. The van der Waals surface area contributed by atoms with E-state index in [2.05, 4.69) is 15.0 Å². The Balaban J connectivity index is 2.09. The van der Waals surface area contributed by atoms with Gasteiger partial charge < -0.3 is 0 Å². The molecule has 2 heterocycles. The van der Waals surface area contributed by atoms with Crippen LogP contribution < -0.4 is 0 Å². The van der Waals surface area contributed by atoms with E-state index in [0.29, 0.717) is 15.6 Å². The Hall–Kier alpha value is -2.27. The summed E-state index contributed by atoms with van der Waals surface area (Å²) < 4.78 is 0. The van der Waals surface area contributed by atoms with Crippen molar-refractivity contribution < 1.29 is 4.79 Å². The summed E-state index contributed by atoms with van der Waals surface area (Å²) in [7, 11) is 0. The van der Waals surface area contributed by atoms with Crippen molar-refractivity contribution in [2.24, 2.45) is 0 Å². The van der Waals surface area contributed by atoms with Gasteiger partial charge in [-0.05, 0) is 23.9 Å². The molecule has 0 radical (unpaired) electrons. The lowest BCUT2D eigenvalue weighted by molar-refractivity contribution is 0.112. The van der Waals surface area contributed by atoms with Gasteiger partial charge >= 0.3 is 0 Å². The van der Waals surface area contributed by atoms with E-state index in [0.717, 1.165) is 17.2 Å². The molecule has 0 spiro atoms. The summed E-state index contributed by atoms with van der Waals surface area (Å²) in [5.41, 5.74) is 1.42. The first kappa shape index (κ1) is 11.8. The number of carbonyl (C=O) groups excluding carboxylic acids is 1. The Labute approximate surface area is 113 Å². The predicted molar refractivity (Wildman–Crippen MR) is 73.3 cm³/mol. The smallest absolute Gasteiger partial charge is 0.152 e. The van der Waals surface area contributed by atoms with Gasteiger partial charge in [-0.3, -0.25) is 9.78 Å². The minimum atomic E-state index is 0.564. The quantitative estimate of drug-likeness (QED) is 0.683. The first-order chi connectivity index (χ1) is 9.36. The highest BCUT2D eigenvalue weighted by Gasteiger charge is 2.08. The second-order valence-corrected chi connectivity index (χ2v) is 4.85. The molecule has 0 saturated carbocycles. The molecule has 0 aliphatic heterocycles. The summed E-state index contributed by atoms with van der Waals surface area (Å²) in [5.74, 6) is 0. The number of carbonyl (C=O) groups is 1. The molecule has 0 amide bonds. The minimum Gasteiger partial charge on any atom is -0.298 e. The lowest BCUT2D eigenvalue weighted by Gasteiger charge is -2.05. The molecule has 4 nitrogen and oxygen atoms in total. The molecule has 3 rings (SSSR count). The average Bonchev–Trinajstić information content (AvgIpc) is 2.47. The number of hydrogen-bond donors (Lipinski definition) is 0. The van der Waals surface area contributed by atoms with Gasteiger partial charge in [-0.1, -0.05) is 18.2 Å². The van der Waals surface area contributed by atoms with Crippen LogP contribution in [0.5, 0.6) is 0 Å². The Bertz CT molecular complexity index is 731. The second kappa shape index (κ2) is 5.16. The number of rotatable bonds is 3. The summed E-state index contributed by atoms with van der Waals surface area (Å²) in [5, 5.41) is 2.32. The first-order valence-corrected chi connectivity index (χ1v) is 6.47. The summed E-state index contributed by atoms with van der Waals surface area (Å²) in [6.07, 6.45) is 5.69. The molecule has 0 N–H and O–H groups in total. The number of aldehydes is 1. The molecule has 0 fully saturated rings. The summed E-state index contributed by atoms with van der Waals surface area (Å²) in [4.78, 5) is 23.9. The van der Waals surface area contributed by atoms with Crippen molar-refractivity contribution in [3.8, 4) is 0 Å². The Morgan fingerprint density at radius 1 is 1.16 bits per heavy atom. The number of para-hydroxylation sites is 1. The van der Waals surface area contributed by atoms with Crippen molar-refractivity contribution in [2.75, 3.05) is 0 Å². The molecule has 19 heavy (non-hydrogen) atoms. The average molecular weight is 267 g/mol. The van der Waals surface area contributed by atoms with E-state index in [-0.39, 0.29) is 0 Å². The molecule has 92 valence electrons. The maximum atomic E-state index is 11.2. The molecule has 0 atom stereocenters. The van der Waals surface area contributed by atoms with Gasteiger partial charge in [0.1, 0.15) is 10.1 Å². The fraction of sp³-hybridized carbons (Fsp3) is 0. The van der Waals surface area contributed by atoms with Crippen molar-refractivity contribution in [2.45, 2.75) is 10.1 Å². The van der Waals surface area contributed by atoms with Crippen molar-refractivity contribution in [1.29, 1.82) is 0 Å². The van der Waals surface area contributed by atoms with Crippen LogP contribution in [0.15, 0.2) is 59.0 Å². The highest BCUT2D eigenvalue weighted by Crippen LogP contribution is 2.28. The van der Waals surface area contributed by atoms with Gasteiger partial charge in [0.15, 0.2) is 6.29 Å². The van der Waals surface area contributed by atoms with Crippen LogP contribution in [0.1, 0.15) is 10.4 Å². The van der Waals surface area contributed by atoms with Crippen LogP contribution in [-0.4, -0.2) is 21.2 Å². The van der Waals surface area contributed by atoms with Crippen LogP contribution in [0.25, 0.3) is 10.9 Å². The normalized spacial score (nSPS) is 10.5. The number of benzene rings is 1. The third kappa shape index (κ3) is 2.46. The lowest BCUT2D eigenvalue weighted by atomic mass is 10.2. The first-order valence-electron chi connectivity index (χ1n) is 5.65. The van der Waals surface area contributed by atoms with Gasteiger partial charge in [-0.15, -0.1) is 0 Å². The van der Waals surface area contributed by atoms with Gasteiger partial charge in [0.05, 0.1) is 11.7 Å². The van der Waals surface area contributed by atoms with Gasteiger partial charge in [0.25, 0.3) is 0 Å². The number of fused-ring (bicyclic) bond motifs is 1. The molecule has 3 aromatic rings. The summed E-state index contributed by atoms with van der Waals surface area (Å²) in [6, 6.07) is 9.55. The molecule has 0 aliphatic rings. The molecule has 0 bridgehead atoms. The summed E-state index contributed by atoms with van der Waals surface area (Å²) in [6.45, 7) is 0. The maximum absolute atomic E-state index is 11.2. The maximum Gasteiger partial charge on any atom is 0.152 e. The Morgan fingerprint density at radius 3 is 2.84 bits per heavy atom. The van der Waals surface area contributed by atoms with Gasteiger partial charge in [-0.2, -0.15) is 0 Å². The number of nitrogens with zero attached hydrogens (tertiary/aromatic N) is 3. The van der Waals surface area contributed by atoms with Crippen molar-refractivity contribution in [3.05, 3.63) is 54.5 Å². The third-order valence-electron chi connectivity index (χ3n) is 2.58. The van der Waals surface area contributed by atoms with E-state index in [4.69, 9.17) is 0 Å². The van der Waals surface area contributed by atoms with Crippen molar-refractivity contribution in [1.82, 2.24) is 15.0 Å². The van der Waals surface area contributed by atoms with E-state index >= 15 is 0 Å². The summed E-state index contributed by atoms with van der Waals surface area (Å²) >= 11 is 1.34. The van der Waals surface area contributed by atoms with Gasteiger partial charge in [-0.25, -0.2) is 9.97 Å². The van der Waals surface area contributed by atoms with Crippen molar-refractivity contribution in [3.63, 3.8) is 0 Å². The van der Waals surface area contributed by atoms with Crippen LogP contribution in [-0.2, 0) is 0 Å². The molecule has 0 saturated heterocycles. The molecular formula is C14H9N3OS. The van der Waals surface area contributed by atoms with Crippen LogP contribution in [0, 0.1) is 0 Å². The topological polar surface area (TPSA) is 55.7 Å². The fourth-order valence-electron chi connectivity index (χ4n) is 1.72. The Morgan fingerprint density at radius 2 is 2.05 bits per heavy atom.